The summed E-state index contributed by atoms with van der Waals surface area (Å²) in [6.07, 6.45) is 0. The first-order chi connectivity index (χ1) is 5.11. The molecule has 0 aliphatic rings. The van der Waals surface area contributed by atoms with Crippen LogP contribution in [-0.4, -0.2) is 16.0 Å². The van der Waals surface area contributed by atoms with Crippen LogP contribution in [0.1, 0.15) is 17.3 Å². The highest BCUT2D eigenvalue weighted by Gasteiger charge is 2.05. The molecule has 0 fully saturated rings. The molecule has 0 heterocycles. The van der Waals surface area contributed by atoms with E-state index in [1.807, 2.05) is 0 Å². The van der Waals surface area contributed by atoms with E-state index in [1.54, 1.807) is 0 Å². The number of phenols is 2. The second kappa shape index (κ2) is 2.62. The first-order valence-electron chi connectivity index (χ1n) is 3.14. The van der Waals surface area contributed by atoms with Crippen LogP contribution in [0.5, 0.6) is 11.5 Å². The van der Waals surface area contributed by atoms with E-state index in [4.69, 9.17) is 10.2 Å². The summed E-state index contributed by atoms with van der Waals surface area (Å²) in [5.74, 6) is -0.451. The molecule has 0 spiro atoms. The van der Waals surface area contributed by atoms with Crippen LogP contribution in [0.3, 0.4) is 0 Å². The number of ketones is 1. The zero-order valence-corrected chi connectivity index (χ0v) is 6.03. The number of carbonyl (C=O) groups is 1. The van der Waals surface area contributed by atoms with E-state index in [0.717, 1.165) is 6.07 Å². The van der Waals surface area contributed by atoms with Crippen molar-refractivity contribution in [3.8, 4) is 11.5 Å². The molecule has 11 heavy (non-hydrogen) atoms. The maximum absolute atomic E-state index is 10.7. The lowest BCUT2D eigenvalue weighted by atomic mass is 10.2. The maximum Gasteiger partial charge on any atom is 0.163 e. The Bertz CT molecular complexity index is 291. The number of carbonyl (C=O) groups excluding carboxylic acids is 1. The standard InChI is InChI=1S/C8H8O3/c1-5(9)7-3-2-6(10)4-8(7)11/h2-4,10-11H,1H3/i1+1,5+1. The lowest BCUT2D eigenvalue weighted by Crippen LogP contribution is -1.91. The van der Waals surface area contributed by atoms with Gasteiger partial charge in [-0.25, -0.2) is 0 Å². The third kappa shape index (κ3) is 1.49. The van der Waals surface area contributed by atoms with E-state index in [9.17, 15) is 4.79 Å². The summed E-state index contributed by atoms with van der Waals surface area (Å²) in [6.45, 7) is 1.35. The fraction of sp³-hybridized carbons (Fsp3) is 0.125. The van der Waals surface area contributed by atoms with Gasteiger partial charge < -0.3 is 10.2 Å². The average molecular weight is 154 g/mol. The highest BCUT2D eigenvalue weighted by molar-refractivity contribution is 5.96. The van der Waals surface area contributed by atoms with Crippen LogP contribution in [0.15, 0.2) is 18.2 Å². The molecule has 1 aromatic carbocycles. The number of benzene rings is 1. The predicted octanol–water partition coefficient (Wildman–Crippen LogP) is 1.30. The molecule has 0 saturated heterocycles. The smallest absolute Gasteiger partial charge is 0.163 e. The van der Waals surface area contributed by atoms with E-state index in [0.29, 0.717) is 0 Å². The van der Waals surface area contributed by atoms with Crippen molar-refractivity contribution >= 4 is 5.78 Å². The minimum absolute atomic E-state index is 0.0486. The molecule has 0 saturated carbocycles. The van der Waals surface area contributed by atoms with E-state index < -0.39 is 0 Å². The van der Waals surface area contributed by atoms with Crippen molar-refractivity contribution in [1.82, 2.24) is 0 Å². The topological polar surface area (TPSA) is 57.5 Å². The zero-order valence-electron chi connectivity index (χ0n) is 6.03. The van der Waals surface area contributed by atoms with Crippen LogP contribution in [0.25, 0.3) is 0 Å². The molecule has 0 amide bonds. The molecule has 3 heteroatoms. The third-order valence-electron chi connectivity index (χ3n) is 1.36. The van der Waals surface area contributed by atoms with Gasteiger partial charge in [0.1, 0.15) is 11.5 Å². The second-order valence-corrected chi connectivity index (χ2v) is 2.26. The van der Waals surface area contributed by atoms with E-state index >= 15 is 0 Å². The van der Waals surface area contributed by atoms with E-state index in [1.165, 1.54) is 19.1 Å². The van der Waals surface area contributed by atoms with Crippen LogP contribution in [-0.2, 0) is 0 Å². The summed E-state index contributed by atoms with van der Waals surface area (Å²) in [5, 5.41) is 17.9. The average Bonchev–Trinajstić information content (AvgIpc) is 1.85. The van der Waals surface area contributed by atoms with Crippen LogP contribution < -0.4 is 0 Å². The Morgan fingerprint density at radius 1 is 1.36 bits per heavy atom. The molecular weight excluding hydrogens is 146 g/mol. The van der Waals surface area contributed by atoms with Crippen LogP contribution >= 0.6 is 0 Å². The first kappa shape index (κ1) is 7.60. The molecule has 1 rings (SSSR count). The molecular formula is C8H8O3. The lowest BCUT2D eigenvalue weighted by molar-refractivity contribution is 0.101. The number of rotatable bonds is 1. The molecule has 0 aromatic heterocycles. The van der Waals surface area contributed by atoms with Crippen molar-refractivity contribution in [2.75, 3.05) is 0 Å². The molecule has 0 aliphatic heterocycles. The highest BCUT2D eigenvalue weighted by Crippen LogP contribution is 2.22. The Balaban J connectivity index is 3.20. The number of phenolic OH excluding ortho intramolecular Hbond substituents is 2. The molecule has 0 bridgehead atoms. The van der Waals surface area contributed by atoms with Gasteiger partial charge in [-0.05, 0) is 19.1 Å². The van der Waals surface area contributed by atoms with Gasteiger partial charge in [0, 0.05) is 6.07 Å². The normalized spacial score (nSPS) is 9.55. The van der Waals surface area contributed by atoms with Gasteiger partial charge in [-0.3, -0.25) is 4.79 Å². The van der Waals surface area contributed by atoms with Crippen molar-refractivity contribution in [3.05, 3.63) is 23.8 Å². The highest BCUT2D eigenvalue weighted by atomic mass is 16.3. The van der Waals surface area contributed by atoms with Crippen LogP contribution in [0.2, 0.25) is 0 Å². The van der Waals surface area contributed by atoms with Crippen molar-refractivity contribution in [2.24, 2.45) is 0 Å². The third-order valence-corrected chi connectivity index (χ3v) is 1.36. The summed E-state index contributed by atoms with van der Waals surface area (Å²) >= 11 is 0. The van der Waals surface area contributed by atoms with Gasteiger partial charge in [0.2, 0.25) is 0 Å². The Labute approximate surface area is 63.9 Å². The van der Waals surface area contributed by atoms with Gasteiger partial charge in [-0.1, -0.05) is 0 Å². The fourth-order valence-electron chi connectivity index (χ4n) is 0.818. The maximum atomic E-state index is 10.7. The predicted molar refractivity (Wildman–Crippen MR) is 39.8 cm³/mol. The van der Waals surface area contributed by atoms with Gasteiger partial charge >= 0.3 is 0 Å². The number of hydrogen-bond acceptors (Lipinski definition) is 3. The quantitative estimate of drug-likeness (QED) is 0.473. The molecule has 0 aliphatic carbocycles. The summed E-state index contributed by atoms with van der Waals surface area (Å²) in [5.41, 5.74) is 0.225. The zero-order chi connectivity index (χ0) is 8.43. The van der Waals surface area contributed by atoms with Crippen molar-refractivity contribution < 1.29 is 15.0 Å². The number of hydrogen-bond donors (Lipinski definition) is 2. The van der Waals surface area contributed by atoms with E-state index in [2.05, 4.69) is 0 Å². The molecule has 0 radical (unpaired) electrons. The summed E-state index contributed by atoms with van der Waals surface area (Å²) in [7, 11) is 0. The van der Waals surface area contributed by atoms with Crippen molar-refractivity contribution in [3.63, 3.8) is 0 Å². The molecule has 0 unspecified atom stereocenters. The number of aromatic hydroxyl groups is 2. The fourth-order valence-corrected chi connectivity index (χ4v) is 0.818. The minimum Gasteiger partial charge on any atom is -0.508 e. The van der Waals surface area contributed by atoms with Crippen LogP contribution in [0, 0.1) is 0 Å². The van der Waals surface area contributed by atoms with Gasteiger partial charge in [0.15, 0.2) is 5.78 Å². The van der Waals surface area contributed by atoms with Gasteiger partial charge in [0.05, 0.1) is 5.56 Å². The summed E-state index contributed by atoms with van der Waals surface area (Å²) in [4.78, 5) is 10.7. The Morgan fingerprint density at radius 2 is 2.00 bits per heavy atom. The van der Waals surface area contributed by atoms with Crippen molar-refractivity contribution in [1.29, 1.82) is 0 Å². The molecule has 58 valence electrons. The second-order valence-electron chi connectivity index (χ2n) is 2.26. The van der Waals surface area contributed by atoms with Crippen LogP contribution in [0.4, 0.5) is 0 Å². The number of Topliss-reactive ketones (excluding diaryl/α,β-unsaturated/α-hetero) is 1. The Hall–Kier alpha value is -1.51. The molecule has 1 aromatic rings. The van der Waals surface area contributed by atoms with Gasteiger partial charge in [0.25, 0.3) is 0 Å². The minimum atomic E-state index is -0.220. The summed E-state index contributed by atoms with van der Waals surface area (Å²) in [6, 6.07) is 3.88. The Kier molecular flexibility index (Phi) is 1.81. The largest absolute Gasteiger partial charge is 0.508 e. The van der Waals surface area contributed by atoms with Gasteiger partial charge in [-0.2, -0.15) is 0 Å². The first-order valence-corrected chi connectivity index (χ1v) is 3.14. The molecule has 0 atom stereocenters. The van der Waals surface area contributed by atoms with Crippen molar-refractivity contribution in [2.45, 2.75) is 6.92 Å². The lowest BCUT2D eigenvalue weighted by Gasteiger charge is -1.99. The Morgan fingerprint density at radius 3 is 2.45 bits per heavy atom. The molecule has 3 nitrogen and oxygen atoms in total. The monoisotopic (exact) mass is 154 g/mol. The summed E-state index contributed by atoms with van der Waals surface area (Å²) < 4.78 is 0. The van der Waals surface area contributed by atoms with Gasteiger partial charge in [-0.15, -0.1) is 0 Å². The molecule has 2 N–H and O–H groups in total. The van der Waals surface area contributed by atoms with E-state index in [-0.39, 0.29) is 22.8 Å². The SMILES string of the molecule is [13CH3][13C](=O)c1ccc(O)cc1O.